The number of aliphatic hydroxyl groups is 1. The molecule has 1 aliphatic rings. The zero-order chi connectivity index (χ0) is 18.7. The highest BCUT2D eigenvalue weighted by Crippen LogP contribution is 2.37. The first kappa shape index (κ1) is 17.5. The van der Waals surface area contributed by atoms with Crippen LogP contribution in [0.3, 0.4) is 0 Å². The molecule has 3 rings (SSSR count). The van der Waals surface area contributed by atoms with Gasteiger partial charge in [0.2, 0.25) is 0 Å². The Labute approximate surface area is 151 Å². The summed E-state index contributed by atoms with van der Waals surface area (Å²) in [5, 5.41) is 10.2. The van der Waals surface area contributed by atoms with Crippen molar-refractivity contribution < 1.29 is 23.8 Å². The van der Waals surface area contributed by atoms with E-state index in [4.69, 9.17) is 9.15 Å². The number of furan rings is 1. The maximum Gasteiger partial charge on any atom is 0.289 e. The normalized spacial score (nSPS) is 17.4. The number of nitrogens with zero attached hydrogens (tertiary/aromatic N) is 1. The molecule has 0 aliphatic carbocycles. The number of rotatable bonds is 6. The number of carbonyl (C=O) groups excluding carboxylic acids is 2. The smallest absolute Gasteiger partial charge is 0.289 e. The summed E-state index contributed by atoms with van der Waals surface area (Å²) in [5.41, 5.74) is 0.722. The molecule has 6 nitrogen and oxygen atoms in total. The van der Waals surface area contributed by atoms with Gasteiger partial charge < -0.3 is 19.2 Å². The monoisotopic (exact) mass is 353 g/mol. The van der Waals surface area contributed by atoms with Gasteiger partial charge in [-0.05, 0) is 48.9 Å². The van der Waals surface area contributed by atoms with Gasteiger partial charge in [-0.2, -0.15) is 0 Å². The molecule has 1 unspecified atom stereocenters. The van der Waals surface area contributed by atoms with Gasteiger partial charge in [0.05, 0.1) is 24.5 Å². The van der Waals surface area contributed by atoms with E-state index >= 15 is 0 Å². The summed E-state index contributed by atoms with van der Waals surface area (Å²) in [6.07, 6.45) is 4.28. The Morgan fingerprint density at radius 2 is 2.15 bits per heavy atom. The first-order chi connectivity index (χ1) is 12.5. The van der Waals surface area contributed by atoms with E-state index in [2.05, 4.69) is 0 Å². The molecule has 2 aromatic rings. The first-order valence-corrected chi connectivity index (χ1v) is 8.22. The molecule has 0 saturated heterocycles. The van der Waals surface area contributed by atoms with E-state index in [0.717, 1.165) is 0 Å². The third-order valence-electron chi connectivity index (χ3n) is 4.13. The lowest BCUT2D eigenvalue weighted by molar-refractivity contribution is -0.128. The Balaban J connectivity index is 1.96. The number of ketones is 1. The van der Waals surface area contributed by atoms with Gasteiger partial charge in [0.25, 0.3) is 5.91 Å². The van der Waals surface area contributed by atoms with Gasteiger partial charge in [0.1, 0.15) is 11.5 Å². The van der Waals surface area contributed by atoms with Crippen LogP contribution in [0.5, 0.6) is 5.75 Å². The number of likely N-dealkylation sites (N-methyl/N-ethyl adjacent to an activating group) is 1. The summed E-state index contributed by atoms with van der Waals surface area (Å²) in [7, 11) is 1.55. The average Bonchev–Trinajstić information content (AvgIpc) is 3.23. The molecule has 2 heterocycles. The molecule has 1 aromatic carbocycles. The fourth-order valence-electron chi connectivity index (χ4n) is 2.94. The molecule has 0 bridgehead atoms. The van der Waals surface area contributed by atoms with E-state index in [9.17, 15) is 14.7 Å². The molecule has 0 fully saturated rings. The van der Waals surface area contributed by atoms with E-state index in [-0.39, 0.29) is 5.57 Å². The lowest BCUT2D eigenvalue weighted by Crippen LogP contribution is -2.26. The van der Waals surface area contributed by atoms with Crippen LogP contribution in [0.15, 0.2) is 64.5 Å². The minimum absolute atomic E-state index is 0.0361. The van der Waals surface area contributed by atoms with Crippen molar-refractivity contribution >= 4 is 17.8 Å². The molecule has 0 radical (unpaired) electrons. The molecule has 26 heavy (non-hydrogen) atoms. The third kappa shape index (κ3) is 3.26. The van der Waals surface area contributed by atoms with E-state index in [1.54, 1.807) is 43.4 Å². The second kappa shape index (κ2) is 7.31. The topological polar surface area (TPSA) is 80.0 Å². The second-order valence-corrected chi connectivity index (χ2v) is 5.80. The number of amides is 1. The SMILES string of the molecule is CCOc1cccc(C2C(C(=O)/C=C/c3ccco3)=C(O)C(=O)N2C)c1. The number of hydrogen-bond donors (Lipinski definition) is 1. The van der Waals surface area contributed by atoms with Gasteiger partial charge in [0, 0.05) is 7.05 Å². The molecule has 6 heteroatoms. The first-order valence-electron chi connectivity index (χ1n) is 8.22. The van der Waals surface area contributed by atoms with Crippen molar-refractivity contribution in [2.75, 3.05) is 13.7 Å². The molecule has 1 aliphatic heterocycles. The van der Waals surface area contributed by atoms with Gasteiger partial charge in [-0.15, -0.1) is 0 Å². The van der Waals surface area contributed by atoms with E-state index in [1.165, 1.54) is 23.3 Å². The predicted octanol–water partition coefficient (Wildman–Crippen LogP) is 3.29. The van der Waals surface area contributed by atoms with Crippen LogP contribution in [0, 0.1) is 0 Å². The molecule has 1 aromatic heterocycles. The number of allylic oxidation sites excluding steroid dienone is 1. The van der Waals surface area contributed by atoms with Crippen LogP contribution < -0.4 is 4.74 Å². The molecule has 1 N–H and O–H groups in total. The molecule has 0 spiro atoms. The standard InChI is InChI=1S/C20H19NO5/c1-3-25-15-7-4-6-13(12-15)18-17(19(23)20(24)21(18)2)16(22)10-9-14-8-5-11-26-14/h4-12,18,23H,3H2,1-2H3/b10-9+. The predicted molar refractivity (Wildman–Crippen MR) is 95.5 cm³/mol. The Bertz CT molecular complexity index is 879. The molecule has 134 valence electrons. The van der Waals surface area contributed by atoms with Crippen molar-refractivity contribution in [3.63, 3.8) is 0 Å². The average molecular weight is 353 g/mol. The summed E-state index contributed by atoms with van der Waals surface area (Å²) < 4.78 is 10.7. The van der Waals surface area contributed by atoms with Crippen LogP contribution in [0.4, 0.5) is 0 Å². The van der Waals surface area contributed by atoms with Gasteiger partial charge in [0.15, 0.2) is 11.5 Å². The second-order valence-electron chi connectivity index (χ2n) is 5.80. The van der Waals surface area contributed by atoms with Crippen molar-refractivity contribution in [3.05, 3.63) is 71.4 Å². The molecule has 1 atom stereocenters. The highest BCUT2D eigenvalue weighted by Gasteiger charge is 2.40. The van der Waals surface area contributed by atoms with Crippen molar-refractivity contribution in [3.8, 4) is 5.75 Å². The third-order valence-corrected chi connectivity index (χ3v) is 4.13. The fourth-order valence-corrected chi connectivity index (χ4v) is 2.94. The highest BCUT2D eigenvalue weighted by molar-refractivity contribution is 6.14. The Hall–Kier alpha value is -3.28. The quantitative estimate of drug-likeness (QED) is 0.806. The number of ether oxygens (including phenoxy) is 1. The molecular weight excluding hydrogens is 334 g/mol. The van der Waals surface area contributed by atoms with E-state index in [0.29, 0.717) is 23.7 Å². The largest absolute Gasteiger partial charge is 0.503 e. The van der Waals surface area contributed by atoms with Gasteiger partial charge >= 0.3 is 0 Å². The number of hydrogen-bond acceptors (Lipinski definition) is 5. The minimum atomic E-state index is -0.684. The molecule has 1 amide bonds. The molecule has 0 saturated carbocycles. The Kier molecular flexibility index (Phi) is 4.93. The summed E-state index contributed by atoms with van der Waals surface area (Å²) in [4.78, 5) is 26.3. The summed E-state index contributed by atoms with van der Waals surface area (Å²) in [6, 6.07) is 9.86. The maximum absolute atomic E-state index is 12.7. The van der Waals surface area contributed by atoms with Crippen LogP contribution in [0.1, 0.15) is 24.3 Å². The van der Waals surface area contributed by atoms with E-state index < -0.39 is 23.5 Å². The van der Waals surface area contributed by atoms with E-state index in [1.807, 2.05) is 6.92 Å². The minimum Gasteiger partial charge on any atom is -0.503 e. The zero-order valence-electron chi connectivity index (χ0n) is 14.5. The number of carbonyl (C=O) groups is 2. The van der Waals surface area contributed by atoms with Gasteiger partial charge in [-0.3, -0.25) is 9.59 Å². The number of benzene rings is 1. The van der Waals surface area contributed by atoms with Crippen LogP contribution >= 0.6 is 0 Å². The van der Waals surface area contributed by atoms with Gasteiger partial charge in [-0.25, -0.2) is 0 Å². The van der Waals surface area contributed by atoms with Crippen molar-refractivity contribution in [1.82, 2.24) is 4.90 Å². The Morgan fingerprint density at radius 1 is 1.35 bits per heavy atom. The van der Waals surface area contributed by atoms with Crippen LogP contribution in [-0.2, 0) is 9.59 Å². The summed E-state index contributed by atoms with van der Waals surface area (Å²) in [6.45, 7) is 2.37. The maximum atomic E-state index is 12.7. The van der Waals surface area contributed by atoms with Crippen molar-refractivity contribution in [2.24, 2.45) is 0 Å². The number of aliphatic hydroxyl groups excluding tert-OH is 1. The highest BCUT2D eigenvalue weighted by atomic mass is 16.5. The van der Waals surface area contributed by atoms with Gasteiger partial charge in [-0.1, -0.05) is 12.1 Å². The summed E-state index contributed by atoms with van der Waals surface area (Å²) >= 11 is 0. The molecular formula is C20H19NO5. The van der Waals surface area contributed by atoms with Crippen LogP contribution in [0.25, 0.3) is 6.08 Å². The van der Waals surface area contributed by atoms with Crippen LogP contribution in [0.2, 0.25) is 0 Å². The zero-order valence-corrected chi connectivity index (χ0v) is 14.5. The van der Waals surface area contributed by atoms with Crippen molar-refractivity contribution in [1.29, 1.82) is 0 Å². The van der Waals surface area contributed by atoms with Crippen LogP contribution in [-0.4, -0.2) is 35.4 Å². The lowest BCUT2D eigenvalue weighted by Gasteiger charge is -2.22. The Morgan fingerprint density at radius 3 is 2.85 bits per heavy atom. The van der Waals surface area contributed by atoms with Crippen molar-refractivity contribution in [2.45, 2.75) is 13.0 Å². The lowest BCUT2D eigenvalue weighted by atomic mass is 9.96. The summed E-state index contributed by atoms with van der Waals surface area (Å²) in [5.74, 6) is -0.440. The fraction of sp³-hybridized carbons (Fsp3) is 0.200.